The van der Waals surface area contributed by atoms with Gasteiger partial charge in [0, 0.05) is 18.0 Å². The Morgan fingerprint density at radius 1 is 0.754 bits per heavy atom. The minimum Gasteiger partial charge on any atom is -0.453 e. The van der Waals surface area contributed by atoms with Crippen LogP contribution in [-0.2, 0) is 24.5 Å². The molecule has 4 N–H and O–H groups in total. The summed E-state index contributed by atoms with van der Waals surface area (Å²) in [6, 6.07) is 18.4. The zero-order valence-electron chi connectivity index (χ0n) is 38.0. The van der Waals surface area contributed by atoms with Gasteiger partial charge in [-0.05, 0) is 138 Å². The minimum atomic E-state index is -0.687. The number of hydrogen-bond donors (Lipinski definition) is 4. The summed E-state index contributed by atoms with van der Waals surface area (Å²) in [6.07, 6.45) is 8.83. The lowest BCUT2D eigenvalue weighted by atomic mass is 9.90. The highest BCUT2D eigenvalue weighted by Crippen LogP contribution is 2.64. The van der Waals surface area contributed by atoms with Gasteiger partial charge in [0.15, 0.2) is 0 Å². The number of H-pyrrole nitrogens is 2. The predicted molar refractivity (Wildman–Crippen MR) is 244 cm³/mol. The van der Waals surface area contributed by atoms with E-state index < -0.39 is 24.3 Å². The van der Waals surface area contributed by atoms with Gasteiger partial charge in [-0.15, -0.1) is 0 Å². The number of benzene rings is 3. The van der Waals surface area contributed by atoms with E-state index in [0.29, 0.717) is 12.5 Å². The van der Waals surface area contributed by atoms with E-state index in [2.05, 4.69) is 75.2 Å². The van der Waals surface area contributed by atoms with Crippen LogP contribution < -0.4 is 10.6 Å². The average molecular weight is 879 g/mol. The molecule has 1 unspecified atom stereocenters. The van der Waals surface area contributed by atoms with Gasteiger partial charge in [-0.2, -0.15) is 0 Å². The predicted octanol–water partition coefficient (Wildman–Crippen LogP) is 8.55. The second-order valence-electron chi connectivity index (χ2n) is 20.5. The van der Waals surface area contributed by atoms with E-state index >= 15 is 0 Å². The summed E-state index contributed by atoms with van der Waals surface area (Å²) in [7, 11) is 2.63. The molecule has 11 rings (SSSR count). The Morgan fingerprint density at radius 3 is 2.03 bits per heavy atom. The highest BCUT2D eigenvalue weighted by molar-refractivity contribution is 5.90. The van der Waals surface area contributed by atoms with Gasteiger partial charge in [0.25, 0.3) is 0 Å². The second kappa shape index (κ2) is 15.2. The van der Waals surface area contributed by atoms with Gasteiger partial charge in [-0.3, -0.25) is 9.59 Å². The fourth-order valence-corrected chi connectivity index (χ4v) is 12.0. The summed E-state index contributed by atoms with van der Waals surface area (Å²) < 4.78 is 9.73. The van der Waals surface area contributed by atoms with E-state index in [1.54, 1.807) is 0 Å². The van der Waals surface area contributed by atoms with Crippen molar-refractivity contribution < 1.29 is 28.7 Å². The van der Waals surface area contributed by atoms with Gasteiger partial charge >= 0.3 is 12.2 Å². The maximum Gasteiger partial charge on any atom is 0.407 e. The number of likely N-dealkylation sites (tertiary alicyclic amines) is 2. The SMILES string of the molecule is COC(=O)N[C@H](C(=O)N1CC2(CC2)CC1c1ncc(-c2ccc3c(c2)C2(CC2)c2cc(-c4ccc5nc([C@@H]6[C@H]7CC[C@H](C7)N6C(=O)[C@@H](NC(=O)OC)C(C)C)[nH]c5c4)ccc2-3)[nH]1)C(C)C. The number of piperidine rings is 1. The molecule has 14 heteroatoms. The first-order valence-electron chi connectivity index (χ1n) is 23.5. The number of nitrogens with one attached hydrogen (secondary N) is 4. The number of aromatic amines is 2. The van der Waals surface area contributed by atoms with Crippen LogP contribution in [0.2, 0.25) is 0 Å². The molecule has 65 heavy (non-hydrogen) atoms. The molecule has 2 saturated heterocycles. The molecule has 5 fully saturated rings. The molecule has 338 valence electrons. The maximum absolute atomic E-state index is 14.1. The summed E-state index contributed by atoms with van der Waals surface area (Å²) in [5.74, 6) is 1.50. The van der Waals surface area contributed by atoms with E-state index in [0.717, 1.165) is 96.4 Å². The molecule has 2 bridgehead atoms. The Balaban J connectivity index is 0.845. The first-order valence-corrected chi connectivity index (χ1v) is 23.5. The first-order chi connectivity index (χ1) is 31.3. The fraction of sp³-hybridized carbons (Fsp3) is 0.490. The van der Waals surface area contributed by atoms with Crippen molar-refractivity contribution in [2.24, 2.45) is 23.2 Å². The van der Waals surface area contributed by atoms with Gasteiger partial charge in [-0.25, -0.2) is 19.6 Å². The lowest BCUT2D eigenvalue weighted by Gasteiger charge is -2.37. The topological polar surface area (TPSA) is 175 Å². The lowest BCUT2D eigenvalue weighted by Crippen LogP contribution is -2.54. The van der Waals surface area contributed by atoms with E-state index in [-0.39, 0.29) is 52.6 Å². The number of carbonyl (C=O) groups excluding carboxylic acids is 4. The number of carbonyl (C=O) groups is 4. The third-order valence-corrected chi connectivity index (χ3v) is 15.8. The smallest absolute Gasteiger partial charge is 0.407 e. The molecular formula is C51H58N8O6. The Hall–Kier alpha value is -6.18. The zero-order chi connectivity index (χ0) is 45.1. The molecule has 0 radical (unpaired) electrons. The van der Waals surface area contributed by atoms with Crippen LogP contribution in [0.4, 0.5) is 9.59 Å². The average Bonchev–Trinajstić information content (AvgIpc) is 3.74. The Morgan fingerprint density at radius 2 is 1.38 bits per heavy atom. The van der Waals surface area contributed by atoms with Gasteiger partial charge in [-0.1, -0.05) is 58.0 Å². The number of rotatable bonds is 10. The molecule has 6 atom stereocenters. The number of methoxy groups -OCH3 is 2. The quantitative estimate of drug-likeness (QED) is 0.108. The number of nitrogens with zero attached hydrogens (tertiary/aromatic N) is 4. The molecule has 2 aliphatic heterocycles. The molecule has 2 aromatic heterocycles. The van der Waals surface area contributed by atoms with Crippen molar-refractivity contribution in [3.8, 4) is 33.5 Å². The molecule has 3 aromatic carbocycles. The number of ether oxygens (including phenoxy) is 2. The molecule has 4 heterocycles. The van der Waals surface area contributed by atoms with Crippen molar-refractivity contribution in [1.29, 1.82) is 0 Å². The molecule has 3 saturated carbocycles. The number of amides is 4. The van der Waals surface area contributed by atoms with Crippen molar-refractivity contribution >= 4 is 35.0 Å². The van der Waals surface area contributed by atoms with Crippen LogP contribution in [0.15, 0.2) is 60.8 Å². The van der Waals surface area contributed by atoms with Crippen molar-refractivity contribution in [1.82, 2.24) is 40.4 Å². The number of hydrogen-bond acceptors (Lipinski definition) is 8. The molecule has 4 aliphatic carbocycles. The highest BCUT2D eigenvalue weighted by Gasteiger charge is 2.56. The molecule has 14 nitrogen and oxygen atoms in total. The van der Waals surface area contributed by atoms with Gasteiger partial charge in [0.2, 0.25) is 11.8 Å². The largest absolute Gasteiger partial charge is 0.453 e. The number of imidazole rings is 2. The lowest BCUT2D eigenvalue weighted by molar-refractivity contribution is -0.139. The van der Waals surface area contributed by atoms with E-state index in [4.69, 9.17) is 19.4 Å². The van der Waals surface area contributed by atoms with Crippen LogP contribution in [-0.4, -0.2) is 92.6 Å². The van der Waals surface area contributed by atoms with Gasteiger partial charge in [0.05, 0.1) is 49.2 Å². The first kappa shape index (κ1) is 41.5. The number of alkyl carbamates (subject to hydrolysis) is 2. The monoisotopic (exact) mass is 878 g/mol. The standard InChI is InChI=1S/C51H58N8O6/c1-26(2)41(56-48(62)64-5)46(60)58-25-50(15-16-50)23-40(58)44-52-24-39(55-44)30-9-13-34-33-12-8-28(20-35(33)51(17-18-51)36(34)21-30)29-10-14-37-38(22-29)54-45(53-37)43-31-7-11-32(19-31)59(43)47(61)42(27(3)4)57-49(63)65-6/h8-10,12-14,20-22,24,26-27,31-32,40-43H,7,11,15-19,23,25H2,1-6H3,(H,52,55)(H,53,54)(H,56,62)(H,57,63)/t31-,32+,40?,41-,42-,43-/m0/s1. The van der Waals surface area contributed by atoms with E-state index in [9.17, 15) is 19.2 Å². The van der Waals surface area contributed by atoms with E-state index in [1.807, 2.05) is 43.7 Å². The zero-order valence-corrected chi connectivity index (χ0v) is 38.0. The summed E-state index contributed by atoms with van der Waals surface area (Å²) in [5.41, 5.74) is 11.4. The Bertz CT molecular complexity index is 2760. The van der Waals surface area contributed by atoms with Crippen molar-refractivity contribution in [2.45, 2.75) is 115 Å². The van der Waals surface area contributed by atoms with Crippen molar-refractivity contribution in [2.75, 3.05) is 20.8 Å². The molecule has 2 spiro atoms. The fourth-order valence-electron chi connectivity index (χ4n) is 12.0. The second-order valence-corrected chi connectivity index (χ2v) is 20.5. The Labute approximate surface area is 378 Å². The van der Waals surface area contributed by atoms with Crippen LogP contribution in [0.1, 0.15) is 114 Å². The van der Waals surface area contributed by atoms with Crippen molar-refractivity contribution in [3.05, 3.63) is 83.6 Å². The number of aromatic nitrogens is 4. The third kappa shape index (κ3) is 6.80. The summed E-state index contributed by atoms with van der Waals surface area (Å²) in [6.45, 7) is 8.43. The third-order valence-electron chi connectivity index (χ3n) is 15.8. The Kier molecular flexibility index (Phi) is 9.71. The normalized spacial score (nSPS) is 23.6. The van der Waals surface area contributed by atoms with Crippen LogP contribution in [0.25, 0.3) is 44.5 Å². The molecule has 4 amide bonds. The minimum absolute atomic E-state index is 0.0370. The van der Waals surface area contributed by atoms with E-state index in [1.165, 1.54) is 36.5 Å². The molecule has 5 aromatic rings. The number of fused-ring (bicyclic) bond motifs is 8. The summed E-state index contributed by atoms with van der Waals surface area (Å²) >= 11 is 0. The van der Waals surface area contributed by atoms with Crippen molar-refractivity contribution in [3.63, 3.8) is 0 Å². The van der Waals surface area contributed by atoms with Crippen LogP contribution in [0.5, 0.6) is 0 Å². The van der Waals surface area contributed by atoms with Gasteiger partial charge in [0.1, 0.15) is 23.7 Å². The molecule has 6 aliphatic rings. The highest BCUT2D eigenvalue weighted by atomic mass is 16.5. The van der Waals surface area contributed by atoms with Crippen LogP contribution in [0, 0.1) is 23.2 Å². The maximum atomic E-state index is 14.1. The van der Waals surface area contributed by atoms with Crippen LogP contribution in [0.3, 0.4) is 0 Å². The summed E-state index contributed by atoms with van der Waals surface area (Å²) in [5, 5.41) is 5.57. The van der Waals surface area contributed by atoms with Gasteiger partial charge < -0.3 is 39.9 Å². The molecular weight excluding hydrogens is 821 g/mol. The van der Waals surface area contributed by atoms with Crippen LogP contribution >= 0.6 is 0 Å². The summed E-state index contributed by atoms with van der Waals surface area (Å²) in [4.78, 5) is 73.8.